The van der Waals surface area contributed by atoms with Gasteiger partial charge in [0.05, 0.1) is 24.3 Å². The van der Waals surface area contributed by atoms with Crippen molar-refractivity contribution in [3.8, 4) is 11.5 Å². The van der Waals surface area contributed by atoms with Crippen LogP contribution in [0.3, 0.4) is 0 Å². The number of alkyl halides is 2. The van der Waals surface area contributed by atoms with Gasteiger partial charge in [-0.15, -0.1) is 11.8 Å². The highest BCUT2D eigenvalue weighted by Crippen LogP contribution is 2.25. The zero-order valence-electron chi connectivity index (χ0n) is 14.4. The van der Waals surface area contributed by atoms with Crippen LogP contribution in [0.15, 0.2) is 48.5 Å². The van der Waals surface area contributed by atoms with E-state index in [0.717, 1.165) is 11.8 Å². The Bertz CT molecular complexity index is 772. The summed E-state index contributed by atoms with van der Waals surface area (Å²) in [5, 5.41) is 5.19. The van der Waals surface area contributed by atoms with Gasteiger partial charge in [0.15, 0.2) is 0 Å². The molecule has 0 aliphatic carbocycles. The number of ether oxygens (including phenoxy) is 2. The number of rotatable bonds is 9. The number of carbonyl (C=O) groups excluding carboxylic acids is 2. The zero-order valence-corrected chi connectivity index (χ0v) is 15.2. The van der Waals surface area contributed by atoms with Crippen LogP contribution in [0.2, 0.25) is 0 Å². The molecule has 0 radical (unpaired) electrons. The number of benzene rings is 2. The smallest absolute Gasteiger partial charge is 0.387 e. The molecule has 2 aromatic rings. The molecule has 144 valence electrons. The maximum atomic E-state index is 12.4. The molecule has 9 heteroatoms. The first kappa shape index (κ1) is 20.5. The average molecular weight is 396 g/mol. The highest BCUT2D eigenvalue weighted by atomic mass is 32.2. The van der Waals surface area contributed by atoms with Crippen molar-refractivity contribution in [1.29, 1.82) is 0 Å². The van der Waals surface area contributed by atoms with E-state index < -0.39 is 12.5 Å². The summed E-state index contributed by atoms with van der Waals surface area (Å²) in [5.74, 6) is -0.0894. The molecule has 0 atom stereocenters. The van der Waals surface area contributed by atoms with Gasteiger partial charge in [-0.2, -0.15) is 8.78 Å². The van der Waals surface area contributed by atoms with Crippen molar-refractivity contribution < 1.29 is 27.8 Å². The minimum absolute atomic E-state index is 0.0148. The molecule has 0 aliphatic heterocycles. The van der Waals surface area contributed by atoms with Crippen LogP contribution in [0, 0.1) is 0 Å². The van der Waals surface area contributed by atoms with E-state index in [0.29, 0.717) is 11.4 Å². The molecule has 2 amide bonds. The van der Waals surface area contributed by atoms with Gasteiger partial charge in [0, 0.05) is 5.69 Å². The van der Waals surface area contributed by atoms with Crippen molar-refractivity contribution in [2.75, 3.05) is 29.2 Å². The molecule has 27 heavy (non-hydrogen) atoms. The third kappa shape index (κ3) is 7.14. The number of carbonyl (C=O) groups is 2. The molecular weight excluding hydrogens is 378 g/mol. The molecule has 6 nitrogen and oxygen atoms in total. The van der Waals surface area contributed by atoms with Crippen molar-refractivity contribution in [2.45, 2.75) is 6.61 Å². The maximum Gasteiger partial charge on any atom is 0.387 e. The molecule has 0 fully saturated rings. The molecule has 0 saturated heterocycles. The third-order valence-corrected chi connectivity index (χ3v) is 4.15. The van der Waals surface area contributed by atoms with E-state index in [-0.39, 0.29) is 28.8 Å². The number of para-hydroxylation sites is 2. The Balaban J connectivity index is 1.76. The van der Waals surface area contributed by atoms with Crippen LogP contribution in [0.5, 0.6) is 11.5 Å². The van der Waals surface area contributed by atoms with Crippen LogP contribution in [-0.4, -0.2) is 37.0 Å². The second-order valence-corrected chi connectivity index (χ2v) is 6.18. The minimum Gasteiger partial charge on any atom is -0.497 e. The molecule has 0 unspecified atom stereocenters. The van der Waals surface area contributed by atoms with Crippen molar-refractivity contribution >= 4 is 35.0 Å². The first-order valence-electron chi connectivity index (χ1n) is 7.83. The lowest BCUT2D eigenvalue weighted by Crippen LogP contribution is -2.19. The number of methoxy groups -OCH3 is 1. The zero-order chi connectivity index (χ0) is 19.6. The SMILES string of the molecule is COc1ccc(NC(=O)CSCC(=O)Nc2ccccc2OC(F)F)cc1. The van der Waals surface area contributed by atoms with E-state index in [1.807, 2.05) is 0 Å². The second kappa shape index (κ2) is 10.4. The number of hydrogen-bond acceptors (Lipinski definition) is 5. The van der Waals surface area contributed by atoms with Crippen molar-refractivity contribution in [2.24, 2.45) is 0 Å². The average Bonchev–Trinajstić information content (AvgIpc) is 2.63. The Morgan fingerprint density at radius 2 is 1.63 bits per heavy atom. The lowest BCUT2D eigenvalue weighted by molar-refractivity contribution is -0.114. The van der Waals surface area contributed by atoms with E-state index in [1.54, 1.807) is 37.4 Å². The largest absolute Gasteiger partial charge is 0.497 e. The highest BCUT2D eigenvalue weighted by Gasteiger charge is 2.12. The maximum absolute atomic E-state index is 12.4. The van der Waals surface area contributed by atoms with E-state index >= 15 is 0 Å². The standard InChI is InChI=1S/C18H18F2N2O4S/c1-25-13-8-6-12(7-9-13)21-16(23)10-27-11-17(24)22-14-4-2-3-5-15(14)26-18(19)20/h2-9,18H,10-11H2,1H3,(H,21,23)(H,22,24). The normalized spacial score (nSPS) is 10.4. The molecule has 2 rings (SSSR count). The van der Waals surface area contributed by atoms with E-state index in [9.17, 15) is 18.4 Å². The topological polar surface area (TPSA) is 76.7 Å². The molecule has 0 saturated carbocycles. The van der Waals surface area contributed by atoms with Crippen LogP contribution >= 0.6 is 11.8 Å². The van der Waals surface area contributed by atoms with Gasteiger partial charge < -0.3 is 20.1 Å². The molecule has 0 spiro atoms. The first-order chi connectivity index (χ1) is 13.0. The summed E-state index contributed by atoms with van der Waals surface area (Å²) in [6.45, 7) is -2.99. The van der Waals surface area contributed by atoms with Crippen LogP contribution in [-0.2, 0) is 9.59 Å². The third-order valence-electron chi connectivity index (χ3n) is 3.22. The van der Waals surface area contributed by atoms with E-state index in [2.05, 4.69) is 15.4 Å². The van der Waals surface area contributed by atoms with Crippen LogP contribution < -0.4 is 20.1 Å². The Morgan fingerprint density at radius 1 is 1.00 bits per heavy atom. The predicted molar refractivity (Wildman–Crippen MR) is 101 cm³/mol. The molecule has 0 heterocycles. The van der Waals surface area contributed by atoms with E-state index in [1.165, 1.54) is 18.2 Å². The number of anilines is 2. The minimum atomic E-state index is -2.99. The first-order valence-corrected chi connectivity index (χ1v) is 8.98. The van der Waals surface area contributed by atoms with Crippen molar-refractivity contribution in [3.05, 3.63) is 48.5 Å². The number of hydrogen-bond donors (Lipinski definition) is 2. The molecule has 2 N–H and O–H groups in total. The van der Waals surface area contributed by atoms with Gasteiger partial charge in [-0.25, -0.2) is 0 Å². The fourth-order valence-electron chi connectivity index (χ4n) is 2.06. The molecule has 0 bridgehead atoms. The molecule has 0 aliphatic rings. The fourth-order valence-corrected chi connectivity index (χ4v) is 2.68. The van der Waals surface area contributed by atoms with Crippen LogP contribution in [0.4, 0.5) is 20.2 Å². The predicted octanol–water partition coefficient (Wildman–Crippen LogP) is 3.61. The number of thioether (sulfide) groups is 1. The van der Waals surface area contributed by atoms with Gasteiger partial charge in [0.25, 0.3) is 0 Å². The van der Waals surface area contributed by atoms with E-state index in [4.69, 9.17) is 4.74 Å². The second-order valence-electron chi connectivity index (χ2n) is 5.19. The summed E-state index contributed by atoms with van der Waals surface area (Å²) in [7, 11) is 1.55. The number of amides is 2. The van der Waals surface area contributed by atoms with Gasteiger partial charge in [-0.1, -0.05) is 12.1 Å². The highest BCUT2D eigenvalue weighted by molar-refractivity contribution is 8.00. The van der Waals surface area contributed by atoms with Gasteiger partial charge in [-0.05, 0) is 36.4 Å². The summed E-state index contributed by atoms with van der Waals surface area (Å²) in [4.78, 5) is 23.8. The fraction of sp³-hybridized carbons (Fsp3) is 0.222. The summed E-state index contributed by atoms with van der Waals surface area (Å²) in [6.07, 6.45) is 0. The Kier molecular flexibility index (Phi) is 7.87. The summed E-state index contributed by atoms with van der Waals surface area (Å²) in [5.41, 5.74) is 0.759. The van der Waals surface area contributed by atoms with Crippen molar-refractivity contribution in [1.82, 2.24) is 0 Å². The Morgan fingerprint density at radius 3 is 2.26 bits per heavy atom. The monoisotopic (exact) mass is 396 g/mol. The summed E-state index contributed by atoms with van der Waals surface area (Å²) < 4.78 is 34.1. The van der Waals surface area contributed by atoms with Crippen LogP contribution in [0.1, 0.15) is 0 Å². The van der Waals surface area contributed by atoms with Gasteiger partial charge in [0.1, 0.15) is 11.5 Å². The lowest BCUT2D eigenvalue weighted by Gasteiger charge is -2.11. The summed E-state index contributed by atoms with van der Waals surface area (Å²) in [6, 6.07) is 12.7. The lowest BCUT2D eigenvalue weighted by atomic mass is 10.3. The molecular formula is C18H18F2N2O4S. The number of nitrogens with one attached hydrogen (secondary N) is 2. The van der Waals surface area contributed by atoms with Crippen LogP contribution in [0.25, 0.3) is 0 Å². The Labute approximate surface area is 159 Å². The Hall–Kier alpha value is -2.81. The van der Waals surface area contributed by atoms with Gasteiger partial charge >= 0.3 is 6.61 Å². The van der Waals surface area contributed by atoms with Gasteiger partial charge in [-0.3, -0.25) is 9.59 Å². The molecule has 2 aromatic carbocycles. The summed E-state index contributed by atoms with van der Waals surface area (Å²) >= 11 is 1.10. The van der Waals surface area contributed by atoms with Crippen molar-refractivity contribution in [3.63, 3.8) is 0 Å². The molecule has 0 aromatic heterocycles. The van der Waals surface area contributed by atoms with Gasteiger partial charge in [0.2, 0.25) is 11.8 Å². The quantitative estimate of drug-likeness (QED) is 0.677. The number of halogens is 2.